The van der Waals surface area contributed by atoms with Crippen LogP contribution in [0, 0.1) is 6.92 Å². The lowest BCUT2D eigenvalue weighted by Gasteiger charge is -2.04. The Morgan fingerprint density at radius 2 is 2.08 bits per heavy atom. The van der Waals surface area contributed by atoms with Crippen LogP contribution in [-0.4, -0.2) is 20.3 Å². The zero-order valence-corrected chi connectivity index (χ0v) is 15.6. The van der Waals surface area contributed by atoms with Gasteiger partial charge in [-0.15, -0.1) is 21.5 Å². The zero-order chi connectivity index (χ0) is 17.1. The summed E-state index contributed by atoms with van der Waals surface area (Å²) in [6.45, 7) is 2.06. The van der Waals surface area contributed by atoms with E-state index in [9.17, 15) is 0 Å². The molecule has 0 atom stereocenters. The van der Waals surface area contributed by atoms with Gasteiger partial charge >= 0.3 is 0 Å². The second-order valence-electron chi connectivity index (χ2n) is 5.09. The first-order chi connectivity index (χ1) is 12.3. The molecular weight excluding hydrogens is 374 g/mol. The SMILES string of the molecule is Cc1ccccc1Nc1nnc(SCc2nc(-c3cccs3)no2)s1. The molecule has 9 heteroatoms. The minimum Gasteiger partial charge on any atom is -0.338 e. The molecular formula is C16H13N5OS3. The first kappa shape index (κ1) is 16.2. The summed E-state index contributed by atoms with van der Waals surface area (Å²) >= 11 is 4.62. The topological polar surface area (TPSA) is 76.7 Å². The third-order valence-electron chi connectivity index (χ3n) is 3.32. The predicted molar refractivity (Wildman–Crippen MR) is 102 cm³/mol. The van der Waals surface area contributed by atoms with Gasteiger partial charge in [-0.3, -0.25) is 0 Å². The number of thioether (sulfide) groups is 1. The predicted octanol–water partition coefficient (Wildman–Crippen LogP) is 4.99. The summed E-state index contributed by atoms with van der Waals surface area (Å²) in [5.41, 5.74) is 2.20. The highest BCUT2D eigenvalue weighted by molar-refractivity contribution is 8.00. The molecule has 0 bridgehead atoms. The number of hydrogen-bond acceptors (Lipinski definition) is 9. The van der Waals surface area contributed by atoms with Crippen molar-refractivity contribution in [2.75, 3.05) is 5.32 Å². The van der Waals surface area contributed by atoms with Gasteiger partial charge in [-0.05, 0) is 30.0 Å². The van der Waals surface area contributed by atoms with Gasteiger partial charge in [0.2, 0.25) is 16.8 Å². The minimum atomic E-state index is 0.567. The molecule has 126 valence electrons. The number of aryl methyl sites for hydroxylation is 1. The lowest BCUT2D eigenvalue weighted by Crippen LogP contribution is -1.91. The summed E-state index contributed by atoms with van der Waals surface area (Å²) in [5.74, 6) is 1.78. The number of anilines is 2. The fourth-order valence-electron chi connectivity index (χ4n) is 2.09. The summed E-state index contributed by atoms with van der Waals surface area (Å²) in [6, 6.07) is 12.0. The summed E-state index contributed by atoms with van der Waals surface area (Å²) in [5, 5.41) is 18.4. The molecule has 0 aliphatic carbocycles. The average Bonchev–Trinajstić information content (AvgIpc) is 3.37. The van der Waals surface area contributed by atoms with E-state index < -0.39 is 0 Å². The Kier molecular flexibility index (Phi) is 4.77. The smallest absolute Gasteiger partial charge is 0.237 e. The monoisotopic (exact) mass is 387 g/mol. The largest absolute Gasteiger partial charge is 0.338 e. The number of nitrogens with zero attached hydrogens (tertiary/aromatic N) is 4. The van der Waals surface area contributed by atoms with Gasteiger partial charge in [0.25, 0.3) is 0 Å². The van der Waals surface area contributed by atoms with E-state index in [1.54, 1.807) is 11.3 Å². The molecule has 0 saturated carbocycles. The highest BCUT2D eigenvalue weighted by atomic mass is 32.2. The van der Waals surface area contributed by atoms with Crippen LogP contribution in [0.5, 0.6) is 0 Å². The summed E-state index contributed by atoms with van der Waals surface area (Å²) in [6.07, 6.45) is 0. The van der Waals surface area contributed by atoms with Gasteiger partial charge in [-0.25, -0.2) is 0 Å². The molecule has 0 aliphatic heterocycles. The van der Waals surface area contributed by atoms with E-state index in [0.717, 1.165) is 20.0 Å². The van der Waals surface area contributed by atoms with E-state index in [1.165, 1.54) is 28.7 Å². The van der Waals surface area contributed by atoms with Crippen LogP contribution in [0.3, 0.4) is 0 Å². The van der Waals surface area contributed by atoms with Crippen molar-refractivity contribution in [1.82, 2.24) is 20.3 Å². The maximum atomic E-state index is 5.29. The normalized spacial score (nSPS) is 10.9. The molecule has 3 aromatic heterocycles. The Morgan fingerprint density at radius 1 is 1.16 bits per heavy atom. The van der Waals surface area contributed by atoms with Crippen LogP contribution in [0.2, 0.25) is 0 Å². The van der Waals surface area contributed by atoms with Gasteiger partial charge in [0, 0.05) is 5.69 Å². The van der Waals surface area contributed by atoms with Crippen LogP contribution < -0.4 is 5.32 Å². The van der Waals surface area contributed by atoms with Crippen LogP contribution in [0.1, 0.15) is 11.5 Å². The molecule has 3 heterocycles. The van der Waals surface area contributed by atoms with Crippen molar-refractivity contribution in [3.05, 3.63) is 53.2 Å². The van der Waals surface area contributed by atoms with Gasteiger partial charge in [-0.2, -0.15) is 4.98 Å². The third-order valence-corrected chi connectivity index (χ3v) is 6.14. The Labute approximate surface area is 156 Å². The molecule has 0 radical (unpaired) electrons. The summed E-state index contributed by atoms with van der Waals surface area (Å²) in [7, 11) is 0. The Balaban J connectivity index is 1.38. The van der Waals surface area contributed by atoms with Crippen LogP contribution in [0.15, 0.2) is 50.6 Å². The minimum absolute atomic E-state index is 0.567. The molecule has 4 aromatic rings. The van der Waals surface area contributed by atoms with Crippen LogP contribution in [0.25, 0.3) is 10.7 Å². The number of thiophene rings is 1. The van der Waals surface area contributed by atoms with Gasteiger partial charge in [0.1, 0.15) is 0 Å². The van der Waals surface area contributed by atoms with Gasteiger partial charge < -0.3 is 9.84 Å². The average molecular weight is 388 g/mol. The van der Waals surface area contributed by atoms with E-state index in [1.807, 2.05) is 35.7 Å². The molecule has 1 aromatic carbocycles. The quantitative estimate of drug-likeness (QED) is 0.467. The van der Waals surface area contributed by atoms with Crippen molar-refractivity contribution in [1.29, 1.82) is 0 Å². The van der Waals surface area contributed by atoms with E-state index in [2.05, 4.69) is 38.6 Å². The lowest BCUT2D eigenvalue weighted by atomic mass is 10.2. The molecule has 0 amide bonds. The number of hydrogen-bond donors (Lipinski definition) is 1. The molecule has 0 saturated heterocycles. The zero-order valence-electron chi connectivity index (χ0n) is 13.2. The molecule has 25 heavy (non-hydrogen) atoms. The van der Waals surface area contributed by atoms with Gasteiger partial charge in [-0.1, -0.05) is 52.5 Å². The van der Waals surface area contributed by atoms with Crippen molar-refractivity contribution in [3.63, 3.8) is 0 Å². The highest BCUT2D eigenvalue weighted by Crippen LogP contribution is 2.31. The Bertz CT molecular complexity index is 964. The number of nitrogens with one attached hydrogen (secondary N) is 1. The highest BCUT2D eigenvalue weighted by Gasteiger charge is 2.12. The number of aromatic nitrogens is 4. The Morgan fingerprint density at radius 3 is 2.92 bits per heavy atom. The fraction of sp³-hybridized carbons (Fsp3) is 0.125. The fourth-order valence-corrected chi connectivity index (χ4v) is 4.34. The molecule has 0 unspecified atom stereocenters. The lowest BCUT2D eigenvalue weighted by molar-refractivity contribution is 0.392. The third kappa shape index (κ3) is 3.89. The standard InChI is InChI=1S/C16H13N5OS3/c1-10-5-2-3-6-11(10)17-15-19-20-16(25-15)24-9-13-18-14(21-22-13)12-7-4-8-23-12/h2-8H,9H2,1H3,(H,17,19). The van der Waals surface area contributed by atoms with E-state index in [4.69, 9.17) is 4.52 Å². The van der Waals surface area contributed by atoms with Crippen molar-refractivity contribution >= 4 is 45.3 Å². The molecule has 0 spiro atoms. The van der Waals surface area contributed by atoms with E-state index >= 15 is 0 Å². The van der Waals surface area contributed by atoms with Gasteiger partial charge in [0.15, 0.2) is 4.34 Å². The second-order valence-corrected chi connectivity index (χ2v) is 8.24. The van der Waals surface area contributed by atoms with E-state index in [0.29, 0.717) is 17.5 Å². The molecule has 1 N–H and O–H groups in total. The second kappa shape index (κ2) is 7.34. The number of rotatable bonds is 6. The maximum absolute atomic E-state index is 5.29. The first-order valence-corrected chi connectivity index (χ1v) is 10.1. The molecule has 0 aliphatic rings. The van der Waals surface area contributed by atoms with E-state index in [-0.39, 0.29) is 0 Å². The Hall–Kier alpha value is -2.23. The number of benzene rings is 1. The first-order valence-electron chi connectivity index (χ1n) is 7.43. The van der Waals surface area contributed by atoms with Crippen molar-refractivity contribution in [2.24, 2.45) is 0 Å². The van der Waals surface area contributed by atoms with Crippen LogP contribution in [-0.2, 0) is 5.75 Å². The van der Waals surface area contributed by atoms with Crippen LogP contribution >= 0.6 is 34.4 Å². The van der Waals surface area contributed by atoms with Crippen LogP contribution in [0.4, 0.5) is 10.8 Å². The molecule has 0 fully saturated rings. The van der Waals surface area contributed by atoms with Crippen molar-refractivity contribution < 1.29 is 4.52 Å². The molecule has 6 nitrogen and oxygen atoms in total. The van der Waals surface area contributed by atoms with Gasteiger partial charge in [0.05, 0.1) is 10.6 Å². The number of para-hydroxylation sites is 1. The van der Waals surface area contributed by atoms with Crippen molar-refractivity contribution in [3.8, 4) is 10.7 Å². The summed E-state index contributed by atoms with van der Waals surface area (Å²) < 4.78 is 6.15. The molecule has 4 rings (SSSR count). The van der Waals surface area contributed by atoms with Crippen molar-refractivity contribution in [2.45, 2.75) is 17.0 Å². The summed E-state index contributed by atoms with van der Waals surface area (Å²) in [4.78, 5) is 5.41. The maximum Gasteiger partial charge on any atom is 0.237 e.